The van der Waals surface area contributed by atoms with Gasteiger partial charge < -0.3 is 10.1 Å². The van der Waals surface area contributed by atoms with Gasteiger partial charge in [-0.25, -0.2) is 0 Å². The van der Waals surface area contributed by atoms with Gasteiger partial charge in [-0.15, -0.1) is 0 Å². The van der Waals surface area contributed by atoms with Crippen LogP contribution in [0, 0.1) is 6.92 Å². The Kier molecular flexibility index (Phi) is 5.55. The third kappa shape index (κ3) is 3.53. The summed E-state index contributed by atoms with van der Waals surface area (Å²) in [6, 6.07) is 7.32. The Hall–Kier alpha value is -1.07. The first-order valence-corrected chi connectivity index (χ1v) is 10.4. The lowest BCUT2D eigenvalue weighted by molar-refractivity contribution is 0.0263. The molecule has 5 heteroatoms. The van der Waals surface area contributed by atoms with Gasteiger partial charge in [-0.3, -0.25) is 9.80 Å². The lowest BCUT2D eigenvalue weighted by atomic mass is 10.0. The van der Waals surface area contributed by atoms with Crippen molar-refractivity contribution in [2.45, 2.75) is 57.7 Å². The monoisotopic (exact) mass is 375 g/mol. The number of para-hydroxylation sites is 1. The van der Waals surface area contributed by atoms with E-state index in [1.54, 1.807) is 0 Å². The molecule has 2 heterocycles. The minimum atomic E-state index is 0.281. The molecule has 1 saturated carbocycles. The van der Waals surface area contributed by atoms with Crippen LogP contribution in [-0.2, 0) is 6.54 Å². The second-order valence-electron chi connectivity index (χ2n) is 7.97. The fourth-order valence-electron chi connectivity index (χ4n) is 4.95. The van der Waals surface area contributed by atoms with Crippen LogP contribution >= 0.6 is 11.6 Å². The molecule has 1 aliphatic heterocycles. The van der Waals surface area contributed by atoms with Crippen LogP contribution < -0.4 is 0 Å². The lowest BCUT2D eigenvalue weighted by Crippen LogP contribution is -2.56. The molecule has 4 nitrogen and oxygen atoms in total. The van der Waals surface area contributed by atoms with E-state index in [0.717, 1.165) is 49.2 Å². The van der Waals surface area contributed by atoms with Gasteiger partial charge >= 0.3 is 0 Å². The Morgan fingerprint density at radius 1 is 1.23 bits per heavy atom. The number of aliphatic hydroxyl groups is 1. The maximum atomic E-state index is 9.56. The third-order valence-electron chi connectivity index (χ3n) is 6.40. The minimum absolute atomic E-state index is 0.281. The van der Waals surface area contributed by atoms with Gasteiger partial charge in [-0.2, -0.15) is 0 Å². The molecule has 1 atom stereocenters. The molecule has 1 saturated heterocycles. The number of nitrogens with zero attached hydrogens (tertiary/aromatic N) is 2. The van der Waals surface area contributed by atoms with Crippen molar-refractivity contribution in [1.29, 1.82) is 0 Å². The molecule has 0 amide bonds. The number of hydrogen-bond donors (Lipinski definition) is 2. The number of aryl methyl sites for hydroxylation is 1. The van der Waals surface area contributed by atoms with Crippen molar-refractivity contribution in [2.75, 3.05) is 26.2 Å². The van der Waals surface area contributed by atoms with Crippen molar-refractivity contribution in [2.24, 2.45) is 0 Å². The molecule has 0 unspecified atom stereocenters. The molecule has 0 radical (unpaired) electrons. The zero-order valence-electron chi connectivity index (χ0n) is 15.7. The third-order valence-corrected chi connectivity index (χ3v) is 6.71. The molecule has 2 fully saturated rings. The van der Waals surface area contributed by atoms with Crippen molar-refractivity contribution in [3.63, 3.8) is 0 Å². The van der Waals surface area contributed by atoms with Gasteiger partial charge in [-0.05, 0) is 37.8 Å². The summed E-state index contributed by atoms with van der Waals surface area (Å²) >= 11 is 6.36. The van der Waals surface area contributed by atoms with Gasteiger partial charge in [0.05, 0.1) is 10.5 Å². The SMILES string of the molecule is Cc1c(CN2CCN(C3CCCC3)[C@@H](CCO)C2)[nH]c2c(Cl)cccc12. The number of aromatic nitrogens is 1. The number of fused-ring (bicyclic) bond motifs is 1. The van der Waals surface area contributed by atoms with Gasteiger partial charge in [0, 0.05) is 55.9 Å². The number of hydrogen-bond acceptors (Lipinski definition) is 3. The van der Waals surface area contributed by atoms with Crippen molar-refractivity contribution < 1.29 is 5.11 Å². The largest absolute Gasteiger partial charge is 0.396 e. The fraction of sp³-hybridized carbons (Fsp3) is 0.619. The number of aliphatic hydroxyl groups excluding tert-OH is 1. The normalized spacial score (nSPS) is 23.3. The average Bonchev–Trinajstić information content (AvgIpc) is 3.26. The molecule has 0 spiro atoms. The second-order valence-corrected chi connectivity index (χ2v) is 8.38. The predicted octanol–water partition coefficient (Wildman–Crippen LogP) is 3.94. The van der Waals surface area contributed by atoms with Crippen LogP contribution in [0.1, 0.15) is 43.4 Å². The molecule has 1 aromatic carbocycles. The number of nitrogens with one attached hydrogen (secondary N) is 1. The topological polar surface area (TPSA) is 42.5 Å². The van der Waals surface area contributed by atoms with E-state index in [1.165, 1.54) is 42.3 Å². The van der Waals surface area contributed by atoms with Gasteiger partial charge in [0.1, 0.15) is 0 Å². The summed E-state index contributed by atoms with van der Waals surface area (Å²) in [5.74, 6) is 0. The summed E-state index contributed by atoms with van der Waals surface area (Å²) in [6.07, 6.45) is 6.28. The molecule has 1 aromatic heterocycles. The molecule has 142 valence electrons. The quantitative estimate of drug-likeness (QED) is 0.831. The smallest absolute Gasteiger partial charge is 0.0648 e. The molecule has 2 aliphatic rings. The first kappa shape index (κ1) is 18.3. The summed E-state index contributed by atoms with van der Waals surface area (Å²) in [5.41, 5.74) is 3.63. The number of H-pyrrole nitrogens is 1. The minimum Gasteiger partial charge on any atom is -0.396 e. The Bertz CT molecular complexity index is 753. The summed E-state index contributed by atoms with van der Waals surface area (Å²) in [7, 11) is 0. The molecule has 0 bridgehead atoms. The van der Waals surface area contributed by atoms with E-state index in [4.69, 9.17) is 11.6 Å². The molecule has 2 aromatic rings. The maximum absolute atomic E-state index is 9.56. The highest BCUT2D eigenvalue weighted by Crippen LogP contribution is 2.30. The highest BCUT2D eigenvalue weighted by Gasteiger charge is 2.33. The Labute approximate surface area is 161 Å². The summed E-state index contributed by atoms with van der Waals surface area (Å²) in [4.78, 5) is 8.78. The molecule has 4 rings (SSSR count). The first-order chi connectivity index (χ1) is 12.7. The van der Waals surface area contributed by atoms with E-state index >= 15 is 0 Å². The number of aromatic amines is 1. The van der Waals surface area contributed by atoms with Gasteiger partial charge in [0.2, 0.25) is 0 Å². The van der Waals surface area contributed by atoms with Crippen LogP contribution in [0.25, 0.3) is 10.9 Å². The van der Waals surface area contributed by atoms with E-state index in [2.05, 4.69) is 27.8 Å². The standard InChI is InChI=1S/C21H30ClN3O/c1-15-18-7-4-8-19(22)21(18)23-20(15)14-24-10-11-25(16-5-2-3-6-16)17(13-24)9-12-26/h4,7-8,16-17,23,26H,2-3,5-6,9-14H2,1H3/t17-/m0/s1. The first-order valence-electron chi connectivity index (χ1n) is 10.0. The molecule has 2 N–H and O–H groups in total. The lowest BCUT2D eigenvalue weighted by Gasteiger charge is -2.44. The van der Waals surface area contributed by atoms with E-state index in [1.807, 2.05) is 12.1 Å². The van der Waals surface area contributed by atoms with Gasteiger partial charge in [0.15, 0.2) is 0 Å². The summed E-state index contributed by atoms with van der Waals surface area (Å²) < 4.78 is 0. The maximum Gasteiger partial charge on any atom is 0.0648 e. The van der Waals surface area contributed by atoms with Crippen LogP contribution in [0.4, 0.5) is 0 Å². The molecule has 1 aliphatic carbocycles. The van der Waals surface area contributed by atoms with Gasteiger partial charge in [-0.1, -0.05) is 36.6 Å². The van der Waals surface area contributed by atoms with Crippen molar-refractivity contribution in [3.05, 3.63) is 34.5 Å². The number of benzene rings is 1. The number of rotatable bonds is 5. The Morgan fingerprint density at radius 3 is 2.77 bits per heavy atom. The van der Waals surface area contributed by atoms with Crippen molar-refractivity contribution in [1.82, 2.24) is 14.8 Å². The van der Waals surface area contributed by atoms with Crippen LogP contribution in [0.3, 0.4) is 0 Å². The van der Waals surface area contributed by atoms with Crippen LogP contribution in [0.2, 0.25) is 5.02 Å². The van der Waals surface area contributed by atoms with E-state index < -0.39 is 0 Å². The number of halogens is 1. The van der Waals surface area contributed by atoms with Crippen LogP contribution in [0.15, 0.2) is 18.2 Å². The second kappa shape index (κ2) is 7.89. The Balaban J connectivity index is 1.49. The van der Waals surface area contributed by atoms with E-state index in [9.17, 15) is 5.11 Å². The number of piperazine rings is 1. The molecule has 26 heavy (non-hydrogen) atoms. The molecular formula is C21H30ClN3O. The zero-order chi connectivity index (χ0) is 18.1. The van der Waals surface area contributed by atoms with E-state index in [0.29, 0.717) is 6.04 Å². The predicted molar refractivity (Wildman–Crippen MR) is 108 cm³/mol. The van der Waals surface area contributed by atoms with Crippen LogP contribution in [0.5, 0.6) is 0 Å². The average molecular weight is 376 g/mol. The summed E-state index contributed by atoms with van der Waals surface area (Å²) in [6.45, 7) is 6.65. The molecular weight excluding hydrogens is 346 g/mol. The van der Waals surface area contributed by atoms with Gasteiger partial charge in [0.25, 0.3) is 0 Å². The van der Waals surface area contributed by atoms with E-state index in [-0.39, 0.29) is 6.61 Å². The fourth-order valence-corrected chi connectivity index (χ4v) is 5.17. The van der Waals surface area contributed by atoms with Crippen LogP contribution in [-0.4, -0.2) is 58.2 Å². The van der Waals surface area contributed by atoms with Crippen molar-refractivity contribution >= 4 is 22.5 Å². The van der Waals surface area contributed by atoms with Crippen molar-refractivity contribution in [3.8, 4) is 0 Å². The Morgan fingerprint density at radius 2 is 2.04 bits per heavy atom. The summed E-state index contributed by atoms with van der Waals surface area (Å²) in [5, 5.41) is 11.6. The zero-order valence-corrected chi connectivity index (χ0v) is 16.4. The highest BCUT2D eigenvalue weighted by atomic mass is 35.5. The highest BCUT2D eigenvalue weighted by molar-refractivity contribution is 6.35.